The first-order valence-corrected chi connectivity index (χ1v) is 10.7. The minimum Gasteiger partial charge on any atom is -0.491 e. The Labute approximate surface area is 178 Å². The van der Waals surface area contributed by atoms with Crippen molar-refractivity contribution >= 4 is 11.8 Å². The van der Waals surface area contributed by atoms with Crippen molar-refractivity contribution in [1.82, 2.24) is 14.8 Å². The number of hydrogen-bond acceptors (Lipinski definition) is 4. The Balaban J connectivity index is 1.92. The number of benzene rings is 1. The van der Waals surface area contributed by atoms with Gasteiger partial charge in [-0.15, -0.1) is 0 Å². The number of nitrogens with zero attached hydrogens (tertiary/aromatic N) is 3. The smallest absolute Gasteiger partial charge is 0.257 e. The van der Waals surface area contributed by atoms with Gasteiger partial charge in [0.15, 0.2) is 0 Å². The minimum atomic E-state index is -0.0778. The number of fused-ring (bicyclic) bond motifs is 1. The van der Waals surface area contributed by atoms with Crippen molar-refractivity contribution < 1.29 is 14.3 Å². The molecule has 0 bridgehead atoms. The lowest BCUT2D eigenvalue weighted by Crippen LogP contribution is -2.45. The highest BCUT2D eigenvalue weighted by molar-refractivity contribution is 5.97. The van der Waals surface area contributed by atoms with Crippen molar-refractivity contribution in [3.63, 3.8) is 0 Å². The molecule has 0 saturated heterocycles. The van der Waals surface area contributed by atoms with E-state index in [-0.39, 0.29) is 17.9 Å². The van der Waals surface area contributed by atoms with Crippen LogP contribution in [-0.2, 0) is 0 Å². The van der Waals surface area contributed by atoms with E-state index in [0.717, 1.165) is 19.3 Å². The lowest BCUT2D eigenvalue weighted by molar-refractivity contribution is 0.0559. The Morgan fingerprint density at radius 3 is 2.57 bits per heavy atom. The molecule has 30 heavy (non-hydrogen) atoms. The summed E-state index contributed by atoms with van der Waals surface area (Å²) < 4.78 is 6.16. The van der Waals surface area contributed by atoms with Gasteiger partial charge in [0.1, 0.15) is 12.4 Å². The third-order valence-electron chi connectivity index (χ3n) is 5.41. The van der Waals surface area contributed by atoms with Crippen LogP contribution >= 0.6 is 0 Å². The fraction of sp³-hybridized carbons (Fsp3) is 0.458. The molecule has 2 aromatic rings. The van der Waals surface area contributed by atoms with Crippen LogP contribution in [0.1, 0.15) is 53.8 Å². The largest absolute Gasteiger partial charge is 0.491 e. The summed E-state index contributed by atoms with van der Waals surface area (Å²) in [5, 5.41) is 0. The first-order valence-electron chi connectivity index (χ1n) is 10.7. The molecule has 1 atom stereocenters. The van der Waals surface area contributed by atoms with Crippen molar-refractivity contribution in [3.8, 4) is 5.75 Å². The molecule has 160 valence electrons. The van der Waals surface area contributed by atoms with E-state index in [4.69, 9.17) is 4.74 Å². The summed E-state index contributed by atoms with van der Waals surface area (Å²) in [5.41, 5.74) is 1.20. The molecule has 0 fully saturated rings. The van der Waals surface area contributed by atoms with Gasteiger partial charge in [-0.3, -0.25) is 14.6 Å². The summed E-state index contributed by atoms with van der Waals surface area (Å²) in [7, 11) is 1.81. The molecule has 6 heteroatoms. The van der Waals surface area contributed by atoms with Gasteiger partial charge in [-0.25, -0.2) is 0 Å². The molecule has 1 aromatic heterocycles. The van der Waals surface area contributed by atoms with E-state index in [2.05, 4.69) is 18.8 Å². The zero-order chi connectivity index (χ0) is 21.5. The van der Waals surface area contributed by atoms with Gasteiger partial charge in [0, 0.05) is 38.1 Å². The third kappa shape index (κ3) is 5.38. The van der Waals surface area contributed by atoms with Crippen molar-refractivity contribution in [2.24, 2.45) is 5.92 Å². The Hall–Kier alpha value is -2.89. The van der Waals surface area contributed by atoms with Crippen LogP contribution in [0.25, 0.3) is 0 Å². The predicted molar refractivity (Wildman–Crippen MR) is 117 cm³/mol. The fourth-order valence-corrected chi connectivity index (χ4v) is 3.83. The minimum absolute atomic E-state index is 0.00132. The van der Waals surface area contributed by atoms with E-state index in [1.807, 2.05) is 30.1 Å². The highest BCUT2D eigenvalue weighted by Crippen LogP contribution is 2.23. The van der Waals surface area contributed by atoms with E-state index >= 15 is 0 Å². The molecule has 1 aromatic carbocycles. The van der Waals surface area contributed by atoms with Crippen LogP contribution in [0.2, 0.25) is 0 Å². The molecule has 0 unspecified atom stereocenters. The fourth-order valence-electron chi connectivity index (χ4n) is 3.83. The normalized spacial score (nSPS) is 18.3. The Morgan fingerprint density at radius 1 is 1.13 bits per heavy atom. The molecule has 0 N–H and O–H groups in total. The molecule has 0 radical (unpaired) electrons. The second-order valence-corrected chi connectivity index (χ2v) is 8.26. The zero-order valence-corrected chi connectivity index (χ0v) is 18.1. The number of amides is 2. The Kier molecular flexibility index (Phi) is 7.44. The Bertz CT molecular complexity index is 854. The second-order valence-electron chi connectivity index (χ2n) is 8.26. The maximum Gasteiger partial charge on any atom is 0.257 e. The van der Waals surface area contributed by atoms with Crippen LogP contribution in [0.15, 0.2) is 48.8 Å². The molecule has 2 amide bonds. The summed E-state index contributed by atoms with van der Waals surface area (Å²) >= 11 is 0. The third-order valence-corrected chi connectivity index (χ3v) is 5.41. The van der Waals surface area contributed by atoms with Crippen LogP contribution < -0.4 is 4.74 Å². The van der Waals surface area contributed by atoms with E-state index in [1.165, 1.54) is 0 Å². The zero-order valence-electron chi connectivity index (χ0n) is 18.1. The van der Waals surface area contributed by atoms with Gasteiger partial charge in [0.05, 0.1) is 11.6 Å². The Morgan fingerprint density at radius 2 is 1.83 bits per heavy atom. The van der Waals surface area contributed by atoms with Gasteiger partial charge in [0.2, 0.25) is 0 Å². The summed E-state index contributed by atoms with van der Waals surface area (Å²) in [6.07, 6.45) is 5.78. The number of carbonyl (C=O) groups is 2. The molecule has 3 rings (SSSR count). The van der Waals surface area contributed by atoms with Crippen LogP contribution in [-0.4, -0.2) is 59.4 Å². The van der Waals surface area contributed by atoms with E-state index in [0.29, 0.717) is 42.5 Å². The highest BCUT2D eigenvalue weighted by atomic mass is 16.5. The monoisotopic (exact) mass is 409 g/mol. The van der Waals surface area contributed by atoms with Gasteiger partial charge in [-0.2, -0.15) is 0 Å². The first kappa shape index (κ1) is 21.8. The molecule has 1 aliphatic rings. The SMILES string of the molecule is CC(C)C[C@H]1COc2ccccc2C(=O)N(C)CCCCN1C(=O)c1ccncc1. The molecule has 2 heterocycles. The van der Waals surface area contributed by atoms with Crippen molar-refractivity contribution in [3.05, 3.63) is 59.9 Å². The van der Waals surface area contributed by atoms with Gasteiger partial charge < -0.3 is 14.5 Å². The maximum absolute atomic E-state index is 13.3. The lowest BCUT2D eigenvalue weighted by Gasteiger charge is -2.34. The summed E-state index contributed by atoms with van der Waals surface area (Å²) in [5.74, 6) is 0.944. The second kappa shape index (κ2) is 10.2. The molecule has 0 aliphatic carbocycles. The quantitative estimate of drug-likeness (QED) is 0.772. The number of carbonyl (C=O) groups excluding carboxylic acids is 2. The van der Waals surface area contributed by atoms with Gasteiger partial charge in [-0.05, 0) is 49.4 Å². The number of rotatable bonds is 3. The maximum atomic E-state index is 13.3. The number of aromatic nitrogens is 1. The first-order chi connectivity index (χ1) is 14.5. The van der Waals surface area contributed by atoms with Crippen LogP contribution in [0, 0.1) is 5.92 Å². The number of ether oxygens (including phenoxy) is 1. The van der Waals surface area contributed by atoms with Crippen molar-refractivity contribution in [2.45, 2.75) is 39.2 Å². The van der Waals surface area contributed by atoms with Crippen LogP contribution in [0.4, 0.5) is 0 Å². The number of para-hydroxylation sites is 1. The average Bonchev–Trinajstić information content (AvgIpc) is 2.75. The van der Waals surface area contributed by atoms with Crippen LogP contribution in [0.5, 0.6) is 5.75 Å². The highest BCUT2D eigenvalue weighted by Gasteiger charge is 2.27. The van der Waals surface area contributed by atoms with E-state index in [1.54, 1.807) is 35.5 Å². The van der Waals surface area contributed by atoms with Crippen LogP contribution in [0.3, 0.4) is 0 Å². The molecule has 1 aliphatic heterocycles. The predicted octanol–water partition coefficient (Wildman–Crippen LogP) is 3.88. The molecule has 6 nitrogen and oxygen atoms in total. The number of pyridine rings is 1. The van der Waals surface area contributed by atoms with Gasteiger partial charge >= 0.3 is 0 Å². The molecule has 0 spiro atoms. The standard InChI is InChI=1S/C24H31N3O3/c1-18(2)16-20-17-30-22-9-5-4-8-21(22)24(29)26(3)14-6-7-15-27(20)23(28)19-10-12-25-13-11-19/h4-5,8-13,18,20H,6-7,14-17H2,1-3H3/t20-/m0/s1. The van der Waals surface area contributed by atoms with Gasteiger partial charge in [-0.1, -0.05) is 26.0 Å². The molecular formula is C24H31N3O3. The average molecular weight is 410 g/mol. The van der Waals surface area contributed by atoms with Crippen molar-refractivity contribution in [1.29, 1.82) is 0 Å². The lowest BCUT2D eigenvalue weighted by atomic mass is 10.0. The summed E-state index contributed by atoms with van der Waals surface area (Å²) in [6, 6.07) is 10.8. The van der Waals surface area contributed by atoms with E-state index < -0.39 is 0 Å². The topological polar surface area (TPSA) is 62.7 Å². The van der Waals surface area contributed by atoms with Gasteiger partial charge in [0.25, 0.3) is 11.8 Å². The van der Waals surface area contributed by atoms with Crippen molar-refractivity contribution in [2.75, 3.05) is 26.7 Å². The molecule has 0 saturated carbocycles. The molecular weight excluding hydrogens is 378 g/mol. The summed E-state index contributed by atoms with van der Waals surface area (Å²) in [6.45, 7) is 5.92. The van der Waals surface area contributed by atoms with E-state index in [9.17, 15) is 9.59 Å². The summed E-state index contributed by atoms with van der Waals surface area (Å²) in [4.78, 5) is 33.9. The number of hydrogen-bond donors (Lipinski definition) is 0.